The van der Waals surface area contributed by atoms with Crippen molar-refractivity contribution >= 4 is 39.3 Å². The highest BCUT2D eigenvalue weighted by Gasteiger charge is 2.20. The van der Waals surface area contributed by atoms with Crippen molar-refractivity contribution in [3.63, 3.8) is 0 Å². The molecule has 1 aromatic heterocycles. The first-order valence-corrected chi connectivity index (χ1v) is 9.12. The normalized spacial score (nSPS) is 11.0. The zero-order chi connectivity index (χ0) is 17.9. The first-order valence-electron chi connectivity index (χ1n) is 7.34. The van der Waals surface area contributed by atoms with Gasteiger partial charge in [0.15, 0.2) is 5.78 Å². The van der Waals surface area contributed by atoms with Crippen LogP contribution in [0.1, 0.15) is 24.2 Å². The molecule has 8 heteroatoms. The fourth-order valence-electron chi connectivity index (χ4n) is 2.18. The fourth-order valence-corrected chi connectivity index (χ4v) is 3.62. The third-order valence-corrected chi connectivity index (χ3v) is 5.29. The van der Waals surface area contributed by atoms with Crippen molar-refractivity contribution < 1.29 is 4.79 Å². The second-order valence-electron chi connectivity index (χ2n) is 5.67. The zero-order valence-corrected chi connectivity index (χ0v) is 15.7. The van der Waals surface area contributed by atoms with Crippen LogP contribution in [0.15, 0.2) is 43.2 Å². The van der Waals surface area contributed by atoms with Crippen LogP contribution in [0.25, 0.3) is 0 Å². The van der Waals surface area contributed by atoms with Crippen LogP contribution in [0.4, 0.5) is 5.82 Å². The van der Waals surface area contributed by atoms with Gasteiger partial charge in [0, 0.05) is 15.9 Å². The number of thioether (sulfide) groups is 1. The van der Waals surface area contributed by atoms with E-state index in [0.717, 1.165) is 9.37 Å². The lowest BCUT2D eigenvalue weighted by Crippen LogP contribution is -2.37. The quantitative estimate of drug-likeness (QED) is 0.561. The number of hydrogen-bond donors (Lipinski definition) is 2. The minimum Gasteiger partial charge on any atom is -0.384 e. The molecule has 0 aliphatic rings. The summed E-state index contributed by atoms with van der Waals surface area (Å²) in [5, 5.41) is 0. The maximum absolute atomic E-state index is 12.5. The van der Waals surface area contributed by atoms with E-state index in [1.165, 1.54) is 16.3 Å². The van der Waals surface area contributed by atoms with Gasteiger partial charge in [0.05, 0.1) is 5.75 Å². The first-order chi connectivity index (χ1) is 11.3. The Balaban J connectivity index is 2.31. The first kappa shape index (κ1) is 18.5. The predicted octanol–water partition coefficient (Wildman–Crippen LogP) is 2.51. The molecule has 0 atom stereocenters. The summed E-state index contributed by atoms with van der Waals surface area (Å²) < 4.78 is 2.11. The lowest BCUT2D eigenvalue weighted by atomic mass is 10.2. The van der Waals surface area contributed by atoms with Gasteiger partial charge in [0.1, 0.15) is 11.4 Å². The summed E-state index contributed by atoms with van der Waals surface area (Å²) in [6.45, 7) is 4.17. The molecule has 1 heterocycles. The maximum atomic E-state index is 12.5. The Morgan fingerprint density at radius 1 is 1.33 bits per heavy atom. The Hall–Kier alpha value is -1.80. The van der Waals surface area contributed by atoms with Crippen LogP contribution in [-0.2, 0) is 6.54 Å². The summed E-state index contributed by atoms with van der Waals surface area (Å²) in [4.78, 5) is 39.5. The molecule has 0 fully saturated rings. The van der Waals surface area contributed by atoms with Crippen LogP contribution in [-0.4, -0.2) is 21.1 Å². The van der Waals surface area contributed by atoms with Gasteiger partial charge in [-0.25, -0.2) is 4.79 Å². The number of nitrogens with two attached hydrogens (primary N) is 1. The molecule has 0 aliphatic carbocycles. The van der Waals surface area contributed by atoms with E-state index in [4.69, 9.17) is 5.73 Å². The molecule has 0 saturated carbocycles. The minimum absolute atomic E-state index is 0.0514. The molecule has 0 bridgehead atoms. The third kappa shape index (κ3) is 4.18. The number of benzene rings is 1. The van der Waals surface area contributed by atoms with E-state index in [2.05, 4.69) is 20.9 Å². The molecule has 6 nitrogen and oxygen atoms in total. The van der Waals surface area contributed by atoms with Gasteiger partial charge in [-0.05, 0) is 34.0 Å². The molecule has 0 radical (unpaired) electrons. The summed E-state index contributed by atoms with van der Waals surface area (Å²) >= 11 is 4.71. The third-order valence-electron chi connectivity index (χ3n) is 3.26. The van der Waals surface area contributed by atoms with E-state index in [0.29, 0.717) is 6.54 Å². The van der Waals surface area contributed by atoms with E-state index in [1.54, 1.807) is 0 Å². The molecule has 128 valence electrons. The highest BCUT2D eigenvalue weighted by Crippen LogP contribution is 2.27. The summed E-state index contributed by atoms with van der Waals surface area (Å²) in [6.07, 6.45) is 0. The molecule has 3 N–H and O–H groups in total. The number of H-pyrrole nitrogens is 1. The Morgan fingerprint density at radius 3 is 2.62 bits per heavy atom. The number of anilines is 1. The van der Waals surface area contributed by atoms with Crippen molar-refractivity contribution in [2.75, 3.05) is 11.5 Å². The summed E-state index contributed by atoms with van der Waals surface area (Å²) in [5.74, 6) is -0.286. The molecule has 24 heavy (non-hydrogen) atoms. The zero-order valence-electron chi connectivity index (χ0n) is 13.3. The number of aromatic amines is 1. The van der Waals surface area contributed by atoms with Gasteiger partial charge >= 0.3 is 5.69 Å². The molecule has 2 rings (SSSR count). The highest BCUT2D eigenvalue weighted by atomic mass is 79.9. The number of nitrogen functional groups attached to an aromatic ring is 1. The highest BCUT2D eigenvalue weighted by molar-refractivity contribution is 9.10. The predicted molar refractivity (Wildman–Crippen MR) is 99.8 cm³/mol. The van der Waals surface area contributed by atoms with Gasteiger partial charge < -0.3 is 5.73 Å². The van der Waals surface area contributed by atoms with E-state index in [1.807, 2.05) is 38.1 Å². The largest absolute Gasteiger partial charge is 0.384 e. The Bertz CT molecular complexity index is 874. The smallest absolute Gasteiger partial charge is 0.329 e. The van der Waals surface area contributed by atoms with Gasteiger partial charge in [-0.3, -0.25) is 19.1 Å². The molecule has 0 aliphatic heterocycles. The second-order valence-corrected chi connectivity index (χ2v) is 7.54. The number of halogens is 1. The number of hydrogen-bond acceptors (Lipinski definition) is 5. The van der Waals surface area contributed by atoms with Crippen LogP contribution < -0.4 is 17.0 Å². The molecule has 2 aromatic rings. The summed E-state index contributed by atoms with van der Waals surface area (Å²) in [5.41, 5.74) is 4.44. The average molecular weight is 412 g/mol. The molecular weight excluding hydrogens is 394 g/mol. The number of carbonyl (C=O) groups excluding carboxylic acids is 1. The van der Waals surface area contributed by atoms with Crippen molar-refractivity contribution in [3.05, 3.63) is 55.1 Å². The summed E-state index contributed by atoms with van der Waals surface area (Å²) in [7, 11) is 0. The number of rotatable bonds is 6. The van der Waals surface area contributed by atoms with E-state index in [9.17, 15) is 14.4 Å². The average Bonchev–Trinajstić information content (AvgIpc) is 2.50. The monoisotopic (exact) mass is 411 g/mol. The van der Waals surface area contributed by atoms with Crippen LogP contribution in [0.2, 0.25) is 0 Å². The number of carbonyl (C=O) groups is 1. The van der Waals surface area contributed by atoms with Crippen molar-refractivity contribution in [1.82, 2.24) is 9.55 Å². The minimum atomic E-state index is -0.741. The van der Waals surface area contributed by atoms with Crippen LogP contribution >= 0.6 is 27.7 Å². The van der Waals surface area contributed by atoms with Gasteiger partial charge in [-0.15, -0.1) is 11.8 Å². The SMILES string of the molecule is CC(C)Cn1c(N)c(C(=O)CSc2ccccc2Br)c(=O)[nH]c1=O. The van der Waals surface area contributed by atoms with Crippen LogP contribution in [0.5, 0.6) is 0 Å². The molecule has 0 spiro atoms. The molecule has 0 unspecified atom stereocenters. The van der Waals surface area contributed by atoms with E-state index in [-0.39, 0.29) is 23.1 Å². The fraction of sp³-hybridized carbons (Fsp3) is 0.312. The lowest BCUT2D eigenvalue weighted by molar-refractivity contribution is 0.102. The Labute approximate surface area is 151 Å². The topological polar surface area (TPSA) is 97.9 Å². The maximum Gasteiger partial charge on any atom is 0.329 e. The Kier molecular flexibility index (Phi) is 6.06. The second kappa shape index (κ2) is 7.85. The van der Waals surface area contributed by atoms with E-state index >= 15 is 0 Å². The molecule has 0 saturated heterocycles. The molecule has 1 aromatic carbocycles. The van der Waals surface area contributed by atoms with Crippen molar-refractivity contribution in [3.8, 4) is 0 Å². The summed E-state index contributed by atoms with van der Waals surface area (Å²) in [6, 6.07) is 7.48. The standard InChI is InChI=1S/C16H18BrN3O3S/c1-9(2)7-20-14(18)13(15(22)19-16(20)23)11(21)8-24-12-6-4-3-5-10(12)17/h3-6,9H,7-8,18H2,1-2H3,(H,19,22,23). The number of nitrogens with one attached hydrogen (secondary N) is 1. The molecule has 0 amide bonds. The number of nitrogens with zero attached hydrogens (tertiary/aromatic N) is 1. The van der Waals surface area contributed by atoms with Crippen molar-refractivity contribution in [2.24, 2.45) is 5.92 Å². The van der Waals surface area contributed by atoms with Crippen molar-refractivity contribution in [2.45, 2.75) is 25.3 Å². The Morgan fingerprint density at radius 2 is 2.00 bits per heavy atom. The lowest BCUT2D eigenvalue weighted by Gasteiger charge is -2.13. The molecular formula is C16H18BrN3O3S. The van der Waals surface area contributed by atoms with Crippen LogP contribution in [0.3, 0.4) is 0 Å². The number of aromatic nitrogens is 2. The van der Waals surface area contributed by atoms with Gasteiger partial charge in [-0.1, -0.05) is 26.0 Å². The number of Topliss-reactive ketones (excluding diaryl/α,β-unsaturated/α-hetero) is 1. The van der Waals surface area contributed by atoms with E-state index < -0.39 is 17.0 Å². The van der Waals surface area contributed by atoms with Gasteiger partial charge in [0.2, 0.25) is 0 Å². The van der Waals surface area contributed by atoms with Gasteiger partial charge in [0.25, 0.3) is 5.56 Å². The van der Waals surface area contributed by atoms with Gasteiger partial charge in [-0.2, -0.15) is 0 Å². The van der Waals surface area contributed by atoms with Crippen LogP contribution in [0, 0.1) is 5.92 Å². The van der Waals surface area contributed by atoms with Crippen molar-refractivity contribution in [1.29, 1.82) is 0 Å². The number of ketones is 1.